The Morgan fingerprint density at radius 2 is 2.16 bits per heavy atom. The summed E-state index contributed by atoms with van der Waals surface area (Å²) in [6, 6.07) is 7.62. The molecule has 0 spiro atoms. The third-order valence-electron chi connectivity index (χ3n) is 5.51. The number of hydrogen-bond acceptors (Lipinski definition) is 4. The van der Waals surface area contributed by atoms with Gasteiger partial charge in [0.05, 0.1) is 6.04 Å². The second kappa shape index (κ2) is 8.13. The molecule has 1 aliphatic rings. The number of aliphatic hydroxyl groups excluding tert-OH is 1. The van der Waals surface area contributed by atoms with Crippen LogP contribution in [0.4, 0.5) is 0 Å². The summed E-state index contributed by atoms with van der Waals surface area (Å²) in [4.78, 5) is 16.5. The summed E-state index contributed by atoms with van der Waals surface area (Å²) < 4.78 is 0. The van der Waals surface area contributed by atoms with E-state index in [0.717, 1.165) is 55.1 Å². The molecule has 1 aromatic carbocycles. The Morgan fingerprint density at radius 1 is 1.32 bits per heavy atom. The van der Waals surface area contributed by atoms with Gasteiger partial charge in [-0.1, -0.05) is 24.6 Å². The molecule has 1 fully saturated rings. The van der Waals surface area contributed by atoms with Crippen molar-refractivity contribution in [3.63, 3.8) is 0 Å². The molecule has 0 radical (unpaired) electrons. The number of aromatic amines is 1. The summed E-state index contributed by atoms with van der Waals surface area (Å²) >= 11 is 0. The molecule has 0 aliphatic carbocycles. The molecule has 2 aromatic rings. The summed E-state index contributed by atoms with van der Waals surface area (Å²) in [6.45, 7) is 1.85. The quantitative estimate of drug-likeness (QED) is 0.553. The Labute approximate surface area is 149 Å². The van der Waals surface area contributed by atoms with Gasteiger partial charge in [0.25, 0.3) is 0 Å². The molecule has 5 N–H and O–H groups in total. The largest absolute Gasteiger partial charge is 0.396 e. The van der Waals surface area contributed by atoms with Crippen molar-refractivity contribution in [1.82, 2.24) is 10.3 Å². The number of fused-ring (bicyclic) bond motifs is 1. The minimum absolute atomic E-state index is 0.169. The van der Waals surface area contributed by atoms with Gasteiger partial charge >= 0.3 is 0 Å². The lowest BCUT2D eigenvalue weighted by Gasteiger charge is -2.38. The average Bonchev–Trinajstić information content (AvgIpc) is 3.05. The van der Waals surface area contributed by atoms with Crippen molar-refractivity contribution in [2.45, 2.75) is 44.6 Å². The fourth-order valence-corrected chi connectivity index (χ4v) is 4.11. The van der Waals surface area contributed by atoms with Crippen LogP contribution in [0.1, 0.15) is 37.7 Å². The van der Waals surface area contributed by atoms with Crippen LogP contribution >= 0.6 is 0 Å². The van der Waals surface area contributed by atoms with E-state index in [1.54, 1.807) is 0 Å². The second-order valence-electron chi connectivity index (χ2n) is 7.28. The van der Waals surface area contributed by atoms with E-state index in [1.807, 2.05) is 24.4 Å². The molecule has 1 aliphatic heterocycles. The van der Waals surface area contributed by atoms with Crippen molar-refractivity contribution in [3.8, 4) is 0 Å². The van der Waals surface area contributed by atoms with E-state index in [4.69, 9.17) is 10.8 Å². The summed E-state index contributed by atoms with van der Waals surface area (Å²) in [5.74, 6) is 0.169. The molecule has 0 bridgehead atoms. The van der Waals surface area contributed by atoms with Crippen LogP contribution in [0.2, 0.25) is 0 Å². The van der Waals surface area contributed by atoms with Crippen LogP contribution in [-0.4, -0.2) is 41.6 Å². The van der Waals surface area contributed by atoms with Gasteiger partial charge in [0.15, 0.2) is 5.78 Å². The van der Waals surface area contributed by atoms with Gasteiger partial charge < -0.3 is 21.1 Å². The van der Waals surface area contributed by atoms with Crippen LogP contribution in [0.5, 0.6) is 0 Å². The lowest BCUT2D eigenvalue weighted by atomic mass is 9.70. The van der Waals surface area contributed by atoms with Gasteiger partial charge in [-0.25, -0.2) is 0 Å². The van der Waals surface area contributed by atoms with Crippen LogP contribution in [0.3, 0.4) is 0 Å². The highest BCUT2D eigenvalue weighted by atomic mass is 16.2. The smallest absolute Gasteiger partial charge is 0.157 e. The third-order valence-corrected chi connectivity index (χ3v) is 5.51. The van der Waals surface area contributed by atoms with Crippen LogP contribution in [0, 0.1) is 5.41 Å². The average molecular weight is 343 g/mol. The first-order valence-corrected chi connectivity index (χ1v) is 9.33. The monoisotopic (exact) mass is 343 g/mol. The van der Waals surface area contributed by atoms with E-state index in [2.05, 4.69) is 16.4 Å². The minimum Gasteiger partial charge on any atom is -0.396 e. The number of ketones is 1. The van der Waals surface area contributed by atoms with Crippen molar-refractivity contribution in [2.75, 3.05) is 19.7 Å². The fourth-order valence-electron chi connectivity index (χ4n) is 4.11. The number of aromatic nitrogens is 1. The molecular weight excluding hydrogens is 314 g/mol. The number of piperidine rings is 1. The van der Waals surface area contributed by atoms with E-state index >= 15 is 0 Å². The van der Waals surface area contributed by atoms with Crippen LogP contribution in [-0.2, 0) is 11.2 Å². The number of H-pyrrole nitrogens is 1. The number of Topliss-reactive ketones (excluding diaryl/α,β-unsaturated/α-hetero) is 1. The number of carbonyl (C=O) groups excluding carboxylic acids is 1. The standard InChI is InChI=1S/C20H29N3O2/c21-17(12-15-13-23-18-7-2-1-6-16(15)18)19(25)20(8-3-4-11-24)9-5-10-22-14-20/h1-2,6-7,13,17,22-24H,3-5,8-12,14,21H2/t17-,20+/m0/s1. The zero-order valence-electron chi connectivity index (χ0n) is 14.8. The number of carbonyl (C=O) groups is 1. The molecule has 0 saturated carbocycles. The van der Waals surface area contributed by atoms with Crippen molar-refractivity contribution in [3.05, 3.63) is 36.0 Å². The number of aliphatic hydroxyl groups is 1. The van der Waals surface area contributed by atoms with Crippen molar-refractivity contribution in [1.29, 1.82) is 0 Å². The maximum Gasteiger partial charge on any atom is 0.157 e. The van der Waals surface area contributed by atoms with E-state index in [-0.39, 0.29) is 17.8 Å². The number of unbranched alkanes of at least 4 members (excludes halogenated alkanes) is 1. The van der Waals surface area contributed by atoms with Crippen molar-refractivity contribution < 1.29 is 9.90 Å². The van der Waals surface area contributed by atoms with Gasteiger partial charge in [-0.3, -0.25) is 4.79 Å². The number of para-hydroxylation sites is 1. The van der Waals surface area contributed by atoms with Gasteiger partial charge in [-0.2, -0.15) is 0 Å². The number of nitrogens with one attached hydrogen (secondary N) is 2. The Hall–Kier alpha value is -1.69. The fraction of sp³-hybridized carbons (Fsp3) is 0.550. The Kier molecular flexibility index (Phi) is 5.89. The molecule has 1 saturated heterocycles. The van der Waals surface area contributed by atoms with Gasteiger partial charge in [0, 0.05) is 35.7 Å². The van der Waals surface area contributed by atoms with Gasteiger partial charge in [-0.05, 0) is 50.3 Å². The van der Waals surface area contributed by atoms with Gasteiger partial charge in [0.2, 0.25) is 0 Å². The Balaban J connectivity index is 1.74. The lowest BCUT2D eigenvalue weighted by Crippen LogP contribution is -2.52. The third kappa shape index (κ3) is 3.94. The molecule has 5 heteroatoms. The van der Waals surface area contributed by atoms with E-state index in [9.17, 15) is 4.79 Å². The Bertz CT molecular complexity index is 704. The normalized spacial score (nSPS) is 22.2. The highest BCUT2D eigenvalue weighted by molar-refractivity contribution is 5.91. The first-order valence-electron chi connectivity index (χ1n) is 9.33. The van der Waals surface area contributed by atoms with E-state index < -0.39 is 6.04 Å². The SMILES string of the molecule is N[C@@H](Cc1c[nH]c2ccccc12)C(=O)[C@]1(CCCCO)CCCNC1. The zero-order chi connectivity index (χ0) is 17.7. The first kappa shape index (κ1) is 18.1. The summed E-state index contributed by atoms with van der Waals surface area (Å²) in [7, 11) is 0. The molecule has 2 atom stereocenters. The molecule has 0 amide bonds. The number of nitrogens with two attached hydrogens (primary N) is 1. The van der Waals surface area contributed by atoms with Crippen LogP contribution < -0.4 is 11.1 Å². The summed E-state index contributed by atoms with van der Waals surface area (Å²) in [5, 5.41) is 13.6. The molecule has 136 valence electrons. The maximum atomic E-state index is 13.2. The minimum atomic E-state index is -0.492. The second-order valence-corrected chi connectivity index (χ2v) is 7.28. The molecule has 3 rings (SSSR count). The highest BCUT2D eigenvalue weighted by Gasteiger charge is 2.41. The highest BCUT2D eigenvalue weighted by Crippen LogP contribution is 2.35. The predicted octanol–water partition coefficient (Wildman–Crippen LogP) is 2.14. The molecule has 25 heavy (non-hydrogen) atoms. The first-order chi connectivity index (χ1) is 12.2. The predicted molar refractivity (Wildman–Crippen MR) is 100 cm³/mol. The van der Waals surface area contributed by atoms with E-state index in [1.165, 1.54) is 0 Å². The summed E-state index contributed by atoms with van der Waals surface area (Å²) in [6.07, 6.45) is 6.84. The summed E-state index contributed by atoms with van der Waals surface area (Å²) in [5.41, 5.74) is 8.18. The van der Waals surface area contributed by atoms with Gasteiger partial charge in [-0.15, -0.1) is 0 Å². The van der Waals surface area contributed by atoms with Gasteiger partial charge in [0.1, 0.15) is 0 Å². The number of rotatable bonds is 8. The molecule has 5 nitrogen and oxygen atoms in total. The maximum absolute atomic E-state index is 13.2. The van der Waals surface area contributed by atoms with Crippen molar-refractivity contribution >= 4 is 16.7 Å². The van der Waals surface area contributed by atoms with Crippen molar-refractivity contribution in [2.24, 2.45) is 11.1 Å². The number of benzene rings is 1. The topological polar surface area (TPSA) is 91.1 Å². The van der Waals surface area contributed by atoms with Crippen LogP contribution in [0.25, 0.3) is 10.9 Å². The molecular formula is C20H29N3O2. The zero-order valence-corrected chi connectivity index (χ0v) is 14.8. The van der Waals surface area contributed by atoms with E-state index in [0.29, 0.717) is 13.0 Å². The molecule has 1 aromatic heterocycles. The number of hydrogen-bond donors (Lipinski definition) is 4. The molecule has 2 heterocycles. The Morgan fingerprint density at radius 3 is 2.92 bits per heavy atom. The molecule has 0 unspecified atom stereocenters. The lowest BCUT2D eigenvalue weighted by molar-refractivity contribution is -0.131. The van der Waals surface area contributed by atoms with Crippen LogP contribution in [0.15, 0.2) is 30.5 Å².